The van der Waals surface area contributed by atoms with E-state index in [-0.39, 0.29) is 6.29 Å². The van der Waals surface area contributed by atoms with E-state index in [0.717, 1.165) is 13.0 Å². The Bertz CT molecular complexity index is 128. The summed E-state index contributed by atoms with van der Waals surface area (Å²) in [5.41, 5.74) is 0. The second-order valence-electron chi connectivity index (χ2n) is 3.42. The zero-order chi connectivity index (χ0) is 8.23. The van der Waals surface area contributed by atoms with Crippen LogP contribution in [-0.4, -0.2) is 30.5 Å². The van der Waals surface area contributed by atoms with E-state index in [0.29, 0.717) is 6.10 Å². The van der Waals surface area contributed by atoms with Crippen LogP contribution in [-0.2, 0) is 9.47 Å². The fourth-order valence-corrected chi connectivity index (χ4v) is 2.76. The fraction of sp³-hybridized carbons (Fsp3) is 1.00. The van der Waals surface area contributed by atoms with E-state index in [2.05, 4.69) is 0 Å². The van der Waals surface area contributed by atoms with Crippen LogP contribution in [0.5, 0.6) is 0 Å². The standard InChI is InChI=1S/C9H16O2S/c1-2-5-10-9(3-1)11-8-4-6-12-7-8/h8-9H,1-7H2/t8-,9?/m0/s1. The second kappa shape index (κ2) is 4.49. The first-order valence-electron chi connectivity index (χ1n) is 4.80. The van der Waals surface area contributed by atoms with Crippen LogP contribution in [0.3, 0.4) is 0 Å². The van der Waals surface area contributed by atoms with E-state index in [1.54, 1.807) is 0 Å². The highest BCUT2D eigenvalue weighted by Gasteiger charge is 2.22. The molecule has 0 aromatic carbocycles. The monoisotopic (exact) mass is 188 g/mol. The third-order valence-electron chi connectivity index (χ3n) is 2.37. The van der Waals surface area contributed by atoms with Crippen molar-refractivity contribution in [1.82, 2.24) is 0 Å². The first-order chi connectivity index (χ1) is 5.95. The first kappa shape index (κ1) is 8.85. The summed E-state index contributed by atoms with van der Waals surface area (Å²) in [6, 6.07) is 0. The van der Waals surface area contributed by atoms with Crippen molar-refractivity contribution >= 4 is 11.8 Å². The van der Waals surface area contributed by atoms with Gasteiger partial charge in [-0.15, -0.1) is 0 Å². The molecule has 0 amide bonds. The van der Waals surface area contributed by atoms with Crippen LogP contribution in [0.2, 0.25) is 0 Å². The molecule has 0 spiro atoms. The van der Waals surface area contributed by atoms with E-state index >= 15 is 0 Å². The Kier molecular flexibility index (Phi) is 3.31. The predicted octanol–water partition coefficient (Wildman–Crippen LogP) is 2.04. The molecule has 0 bridgehead atoms. The zero-order valence-corrected chi connectivity index (χ0v) is 8.15. The van der Waals surface area contributed by atoms with Gasteiger partial charge in [0.25, 0.3) is 0 Å². The largest absolute Gasteiger partial charge is 0.353 e. The summed E-state index contributed by atoms with van der Waals surface area (Å²) >= 11 is 1.99. The van der Waals surface area contributed by atoms with Crippen LogP contribution < -0.4 is 0 Å². The van der Waals surface area contributed by atoms with Crippen molar-refractivity contribution in [2.45, 2.75) is 38.1 Å². The molecule has 0 aliphatic carbocycles. The van der Waals surface area contributed by atoms with Gasteiger partial charge >= 0.3 is 0 Å². The van der Waals surface area contributed by atoms with Crippen LogP contribution in [0.25, 0.3) is 0 Å². The Morgan fingerprint density at radius 2 is 2.25 bits per heavy atom. The van der Waals surface area contributed by atoms with Gasteiger partial charge in [-0.2, -0.15) is 11.8 Å². The molecule has 0 aromatic rings. The highest BCUT2D eigenvalue weighted by atomic mass is 32.2. The molecule has 3 heteroatoms. The smallest absolute Gasteiger partial charge is 0.157 e. The minimum atomic E-state index is 0.113. The number of thioether (sulfide) groups is 1. The molecule has 0 aromatic heterocycles. The third kappa shape index (κ3) is 2.38. The SMILES string of the molecule is C1CCC(O[C@H]2CCSC2)OC1. The van der Waals surface area contributed by atoms with Gasteiger partial charge in [0, 0.05) is 12.4 Å². The molecule has 2 aliphatic rings. The van der Waals surface area contributed by atoms with Crippen molar-refractivity contribution in [3.05, 3.63) is 0 Å². The Morgan fingerprint density at radius 3 is 2.92 bits per heavy atom. The van der Waals surface area contributed by atoms with Crippen molar-refractivity contribution in [2.24, 2.45) is 0 Å². The number of ether oxygens (including phenoxy) is 2. The van der Waals surface area contributed by atoms with E-state index in [1.165, 1.54) is 30.8 Å². The number of hydrogen-bond acceptors (Lipinski definition) is 3. The molecule has 0 saturated carbocycles. The summed E-state index contributed by atoms with van der Waals surface area (Å²) in [6.45, 7) is 0.893. The Hall–Kier alpha value is 0.270. The van der Waals surface area contributed by atoms with Crippen LogP contribution in [0.15, 0.2) is 0 Å². The lowest BCUT2D eigenvalue weighted by molar-refractivity contribution is -0.182. The molecule has 12 heavy (non-hydrogen) atoms. The second-order valence-corrected chi connectivity index (χ2v) is 4.57. The van der Waals surface area contributed by atoms with Gasteiger partial charge in [0.2, 0.25) is 0 Å². The molecule has 2 aliphatic heterocycles. The quantitative estimate of drug-likeness (QED) is 0.660. The lowest BCUT2D eigenvalue weighted by Crippen LogP contribution is -2.27. The van der Waals surface area contributed by atoms with Crippen LogP contribution in [0.1, 0.15) is 25.7 Å². The van der Waals surface area contributed by atoms with Gasteiger partial charge in [-0.05, 0) is 31.4 Å². The summed E-state index contributed by atoms with van der Waals surface area (Å²) in [7, 11) is 0. The van der Waals surface area contributed by atoms with Crippen LogP contribution >= 0.6 is 11.8 Å². The molecule has 2 nitrogen and oxygen atoms in total. The molecule has 1 unspecified atom stereocenters. The Morgan fingerprint density at radius 1 is 1.25 bits per heavy atom. The maximum atomic E-state index is 5.81. The molecule has 70 valence electrons. The van der Waals surface area contributed by atoms with E-state index in [1.807, 2.05) is 11.8 Å². The average Bonchev–Trinajstić information content (AvgIpc) is 2.59. The van der Waals surface area contributed by atoms with Gasteiger partial charge in [-0.3, -0.25) is 0 Å². The van der Waals surface area contributed by atoms with Gasteiger partial charge in [0.1, 0.15) is 0 Å². The molecule has 2 heterocycles. The van der Waals surface area contributed by atoms with Gasteiger partial charge in [-0.25, -0.2) is 0 Å². The van der Waals surface area contributed by atoms with Gasteiger partial charge < -0.3 is 9.47 Å². The average molecular weight is 188 g/mol. The number of hydrogen-bond donors (Lipinski definition) is 0. The van der Waals surface area contributed by atoms with Crippen LogP contribution in [0.4, 0.5) is 0 Å². The summed E-state index contributed by atoms with van der Waals surface area (Å²) < 4.78 is 11.3. The predicted molar refractivity (Wildman–Crippen MR) is 50.4 cm³/mol. The van der Waals surface area contributed by atoms with Crippen molar-refractivity contribution in [1.29, 1.82) is 0 Å². The first-order valence-corrected chi connectivity index (χ1v) is 5.95. The lowest BCUT2D eigenvalue weighted by atomic mass is 10.2. The minimum absolute atomic E-state index is 0.113. The molecule has 2 atom stereocenters. The van der Waals surface area contributed by atoms with Crippen LogP contribution in [0, 0.1) is 0 Å². The molecule has 2 fully saturated rings. The number of rotatable bonds is 2. The summed E-state index contributed by atoms with van der Waals surface area (Å²) in [5.74, 6) is 2.43. The molecular formula is C9H16O2S. The summed E-state index contributed by atoms with van der Waals surface area (Å²) in [4.78, 5) is 0. The lowest BCUT2D eigenvalue weighted by Gasteiger charge is -2.25. The van der Waals surface area contributed by atoms with Crippen molar-refractivity contribution in [2.75, 3.05) is 18.1 Å². The molecule has 2 saturated heterocycles. The molecule has 0 N–H and O–H groups in total. The van der Waals surface area contributed by atoms with Gasteiger partial charge in [-0.1, -0.05) is 0 Å². The Labute approximate surface area is 78.0 Å². The normalized spacial score (nSPS) is 37.0. The van der Waals surface area contributed by atoms with Gasteiger partial charge in [0.15, 0.2) is 6.29 Å². The van der Waals surface area contributed by atoms with Gasteiger partial charge in [0.05, 0.1) is 6.10 Å². The van der Waals surface area contributed by atoms with Crippen molar-refractivity contribution in [3.8, 4) is 0 Å². The third-order valence-corrected chi connectivity index (χ3v) is 3.50. The summed E-state index contributed by atoms with van der Waals surface area (Å²) in [6.07, 6.45) is 5.37. The molecule has 0 radical (unpaired) electrons. The van der Waals surface area contributed by atoms with Crippen molar-refractivity contribution < 1.29 is 9.47 Å². The minimum Gasteiger partial charge on any atom is -0.353 e. The van der Waals surface area contributed by atoms with E-state index in [9.17, 15) is 0 Å². The maximum absolute atomic E-state index is 5.81. The van der Waals surface area contributed by atoms with Crippen molar-refractivity contribution in [3.63, 3.8) is 0 Å². The highest BCUT2D eigenvalue weighted by Crippen LogP contribution is 2.24. The topological polar surface area (TPSA) is 18.5 Å². The Balaban J connectivity index is 1.69. The molecular weight excluding hydrogens is 172 g/mol. The van der Waals surface area contributed by atoms with E-state index in [4.69, 9.17) is 9.47 Å². The maximum Gasteiger partial charge on any atom is 0.157 e. The van der Waals surface area contributed by atoms with E-state index < -0.39 is 0 Å². The molecule has 2 rings (SSSR count). The zero-order valence-electron chi connectivity index (χ0n) is 7.33. The highest BCUT2D eigenvalue weighted by molar-refractivity contribution is 7.99. The summed E-state index contributed by atoms with van der Waals surface area (Å²) in [5, 5.41) is 0. The fourth-order valence-electron chi connectivity index (χ4n) is 1.65.